The van der Waals surface area contributed by atoms with Crippen molar-refractivity contribution in [2.45, 2.75) is 110 Å². The van der Waals surface area contributed by atoms with Crippen molar-refractivity contribution in [2.24, 2.45) is 7.05 Å². The average Bonchev–Trinajstić information content (AvgIpc) is 1.59. The summed E-state index contributed by atoms with van der Waals surface area (Å²) in [5.41, 5.74) is 11.3. The Morgan fingerprint density at radius 2 is 1.16 bits per heavy atom. The Bertz CT molecular complexity index is 5050. The molecule has 28 nitrogen and oxygen atoms in total. The summed E-state index contributed by atoms with van der Waals surface area (Å²) in [6.45, 7) is 10.3. The minimum Gasteiger partial charge on any atom is -0.497 e. The minimum absolute atomic E-state index is 0.0462. The Hall–Kier alpha value is -10.6. The van der Waals surface area contributed by atoms with Crippen LogP contribution in [-0.2, 0) is 82.8 Å². The molecule has 15 rings (SSSR count). The number of aryl methyl sites for hydroxylation is 1. The first-order valence-electron chi connectivity index (χ1n) is 31.5. The van der Waals surface area contributed by atoms with Crippen LogP contribution in [0.4, 0.5) is 13.2 Å². The van der Waals surface area contributed by atoms with Gasteiger partial charge in [-0.3, -0.25) is 9.36 Å². The molecule has 31 heteroatoms. The Kier molecular flexibility index (Phi) is 15.5. The Balaban J connectivity index is 0.774. The zero-order valence-electron chi connectivity index (χ0n) is 55.8. The zero-order chi connectivity index (χ0) is 68.3. The molecule has 0 radical (unpaired) electrons. The Morgan fingerprint density at radius 1 is 0.592 bits per heavy atom. The zero-order valence-corrected chi connectivity index (χ0v) is 55.8. The summed E-state index contributed by atoms with van der Waals surface area (Å²) < 4.78 is 115. The van der Waals surface area contributed by atoms with Crippen LogP contribution in [0.25, 0.3) is 85.5 Å². The van der Waals surface area contributed by atoms with Crippen LogP contribution in [0, 0.1) is 0 Å². The molecule has 3 aliphatic heterocycles. The molecule has 0 aliphatic carbocycles. The van der Waals surface area contributed by atoms with Crippen molar-refractivity contribution in [1.29, 1.82) is 0 Å². The first kappa shape index (κ1) is 63.4. The van der Waals surface area contributed by atoms with Crippen molar-refractivity contribution < 1.29 is 68.9 Å². The van der Waals surface area contributed by atoms with Gasteiger partial charge >= 0.3 is 12.1 Å². The van der Waals surface area contributed by atoms with Crippen LogP contribution in [-0.4, -0.2) is 139 Å². The van der Waals surface area contributed by atoms with Gasteiger partial charge in [0.2, 0.25) is 35.3 Å². The van der Waals surface area contributed by atoms with Gasteiger partial charge in [0.25, 0.3) is 18.1 Å². The maximum absolute atomic E-state index is 13.4. The Labute approximate surface area is 557 Å². The first-order chi connectivity index (χ1) is 47.0. The molecule has 3 aromatic carbocycles. The second kappa shape index (κ2) is 23.9. The summed E-state index contributed by atoms with van der Waals surface area (Å²) in [6, 6.07) is 17.5. The number of halogens is 3. The quantitative estimate of drug-likeness (QED) is 0.0607. The van der Waals surface area contributed by atoms with Crippen LogP contribution in [0.3, 0.4) is 0 Å². The van der Waals surface area contributed by atoms with E-state index in [-0.39, 0.29) is 43.9 Å². The maximum Gasteiger partial charge on any atom is 0.411 e. The monoisotopic (exact) mass is 1340 g/mol. The highest BCUT2D eigenvalue weighted by atomic mass is 19.4. The number of hydrogen-bond donors (Lipinski definition) is 0. The van der Waals surface area contributed by atoms with E-state index in [4.69, 9.17) is 76.9 Å². The normalized spacial score (nSPS) is 13.3. The lowest BCUT2D eigenvalue weighted by atomic mass is 10.0. The van der Waals surface area contributed by atoms with E-state index in [9.17, 15) is 13.2 Å². The molecular weight excluding hydrogens is 1270 g/mol. The van der Waals surface area contributed by atoms with Gasteiger partial charge in [-0.2, -0.15) is 47.6 Å². The third-order valence-corrected chi connectivity index (χ3v) is 18.1. The fourth-order valence-electron chi connectivity index (χ4n) is 12.9. The third kappa shape index (κ3) is 11.4. The molecular formula is C67H69F3N18O10+2. The SMILES string of the molecule is COc1ccc2c(c1)-c1nn(CCOC(C)(C)C[n+]3cn4c(c3-c3nnc(COCC(F)(F)F)o3)Cc3cn(C[n+]5cn6c(c5-c5nc(C(C)(C)OC)no5)Cc5cn(C)nc5-c5cc(OC)ccc5-6)nc3-c3cc(OC)ccc3-4)cc1Cc1c(-c3noc(C(C)(C)OC)n3)ncn1-2. The van der Waals surface area contributed by atoms with E-state index in [1.54, 1.807) is 46.6 Å². The van der Waals surface area contributed by atoms with Crippen LogP contribution in [0.15, 0.2) is 106 Å². The molecule has 0 N–H and O–H groups in total. The van der Waals surface area contributed by atoms with Gasteiger partial charge in [-0.25, -0.2) is 18.8 Å². The lowest BCUT2D eigenvalue weighted by molar-refractivity contribution is -0.699. The van der Waals surface area contributed by atoms with E-state index < -0.39 is 36.2 Å². The maximum atomic E-state index is 13.4. The van der Waals surface area contributed by atoms with Gasteiger partial charge in [-0.1, -0.05) is 10.3 Å². The topological polar surface area (TPSA) is 270 Å². The van der Waals surface area contributed by atoms with Gasteiger partial charge < -0.3 is 51.2 Å². The second-order valence-corrected chi connectivity index (χ2v) is 25.9. The summed E-state index contributed by atoms with van der Waals surface area (Å²) in [5, 5.41) is 32.9. The van der Waals surface area contributed by atoms with Crippen molar-refractivity contribution in [3.8, 4) is 103 Å². The molecule has 12 heterocycles. The van der Waals surface area contributed by atoms with Gasteiger partial charge in [0.1, 0.15) is 88.6 Å². The number of nitrogens with zero attached hydrogens (tertiary/aromatic N) is 18. The molecule has 0 unspecified atom stereocenters. The Morgan fingerprint density at radius 3 is 1.79 bits per heavy atom. The number of imidazole rings is 3. The molecule has 0 atom stereocenters. The number of ether oxygens (including phenoxy) is 7. The summed E-state index contributed by atoms with van der Waals surface area (Å²) in [4.78, 5) is 14.5. The number of rotatable bonds is 21. The average molecular weight is 1340 g/mol. The van der Waals surface area contributed by atoms with Crippen molar-refractivity contribution >= 4 is 0 Å². The molecule has 0 saturated carbocycles. The van der Waals surface area contributed by atoms with E-state index in [1.807, 2.05) is 162 Å². The van der Waals surface area contributed by atoms with Crippen LogP contribution >= 0.6 is 0 Å². The highest BCUT2D eigenvalue weighted by Gasteiger charge is 2.41. The van der Waals surface area contributed by atoms with E-state index in [0.29, 0.717) is 82.6 Å². The number of aromatic nitrogens is 18. The highest BCUT2D eigenvalue weighted by Crippen LogP contribution is 2.43. The molecule has 98 heavy (non-hydrogen) atoms. The number of hydrogen-bond acceptors (Lipinski definition) is 20. The predicted molar refractivity (Wildman–Crippen MR) is 339 cm³/mol. The summed E-state index contributed by atoms with van der Waals surface area (Å²) in [6.07, 6.45) is 8.26. The minimum atomic E-state index is -4.58. The molecule has 3 aliphatic rings. The van der Waals surface area contributed by atoms with Crippen molar-refractivity contribution in [2.75, 3.05) is 48.8 Å². The van der Waals surface area contributed by atoms with Gasteiger partial charge in [-0.05, 0) is 96.1 Å². The predicted octanol–water partition coefficient (Wildman–Crippen LogP) is 8.89. The largest absolute Gasteiger partial charge is 0.497 e. The smallest absolute Gasteiger partial charge is 0.411 e. The van der Waals surface area contributed by atoms with E-state index in [0.717, 1.165) is 73.2 Å². The van der Waals surface area contributed by atoms with Crippen molar-refractivity contribution in [3.05, 3.63) is 144 Å². The van der Waals surface area contributed by atoms with Crippen LogP contribution < -0.4 is 23.3 Å². The number of benzene rings is 3. The summed E-state index contributed by atoms with van der Waals surface area (Å²) in [7, 11) is 9.95. The van der Waals surface area contributed by atoms with E-state index >= 15 is 0 Å². The molecule has 0 bridgehead atoms. The van der Waals surface area contributed by atoms with Crippen LogP contribution in [0.5, 0.6) is 17.2 Å². The highest BCUT2D eigenvalue weighted by molar-refractivity contribution is 5.80. The van der Waals surface area contributed by atoms with Crippen molar-refractivity contribution in [1.82, 2.24) is 78.5 Å². The fraction of sp³-hybridized carbons (Fsp3) is 0.373. The summed E-state index contributed by atoms with van der Waals surface area (Å²) >= 11 is 0. The molecule has 12 aromatic rings. The molecule has 0 spiro atoms. The molecule has 0 amide bonds. The van der Waals surface area contributed by atoms with Crippen LogP contribution in [0.1, 0.15) is 92.9 Å². The van der Waals surface area contributed by atoms with E-state index in [2.05, 4.69) is 25.1 Å². The van der Waals surface area contributed by atoms with Gasteiger partial charge in [0.15, 0.2) is 18.1 Å². The molecule has 0 fully saturated rings. The van der Waals surface area contributed by atoms with Crippen LogP contribution in [0.2, 0.25) is 0 Å². The van der Waals surface area contributed by atoms with Gasteiger partial charge in [0.05, 0.1) is 62.7 Å². The second-order valence-electron chi connectivity index (χ2n) is 25.9. The third-order valence-electron chi connectivity index (χ3n) is 18.1. The van der Waals surface area contributed by atoms with Gasteiger partial charge in [0, 0.05) is 81.4 Å². The lowest BCUT2D eigenvalue weighted by Crippen LogP contribution is -2.47. The first-order valence-corrected chi connectivity index (χ1v) is 31.5. The number of alkyl halides is 3. The lowest BCUT2D eigenvalue weighted by Gasteiger charge is -2.23. The van der Waals surface area contributed by atoms with Gasteiger partial charge in [-0.15, -0.1) is 10.2 Å². The van der Waals surface area contributed by atoms with E-state index in [1.165, 1.54) is 0 Å². The fourth-order valence-corrected chi connectivity index (χ4v) is 12.9. The number of methoxy groups -OCH3 is 5. The molecule has 506 valence electrons. The summed E-state index contributed by atoms with van der Waals surface area (Å²) in [5.74, 6) is 3.10. The molecule has 9 aromatic heterocycles. The molecule has 0 saturated heterocycles. The number of fused-ring (bicyclic) bond motifs is 15. The standard InChI is InChI=1S/C67H69F3N18O10/c1-64(2,95-20-19-84-28-38-21-49-56(59-72-63(98-79-59)66(5,6)93-12)71-33-86(49)46-16-13-40(89-8)24-43(46)54(38)77-84)31-82-35-87-48-18-15-42(91-10)26-45(48)55-39(23-51(87)58(82)61-75-74-52(96-61)30-94-32-67(68,69)70)29-85(78-55)34-83-36-88-47-17-14-41(90-9)25-44(47)53-37(27-81(7)76-53)22-50(88)57(83)60-73-62(80-97-60)65(3,4)92-11/h13-18,24-29,33,35-36H,19-23,30-32,34H2,1-12H3/q+2. The van der Waals surface area contributed by atoms with Crippen molar-refractivity contribution in [3.63, 3.8) is 0 Å².